The number of hydrogen-bond acceptors (Lipinski definition) is 3. The average molecular weight is 488 g/mol. The van der Waals surface area contributed by atoms with Crippen LogP contribution in [0.3, 0.4) is 0 Å². The average Bonchev–Trinajstić information content (AvgIpc) is 2.65. The first-order chi connectivity index (χ1) is 12.3. The van der Waals surface area contributed by atoms with Crippen LogP contribution in [0.25, 0.3) is 0 Å². The number of nitrogens with one attached hydrogen (secondary N) is 2. The maximum absolute atomic E-state index is 6.27. The van der Waals surface area contributed by atoms with Crippen LogP contribution >= 0.6 is 35.6 Å². The highest BCUT2D eigenvalue weighted by Gasteiger charge is 2.16. The Bertz CT molecular complexity index is 741. The van der Waals surface area contributed by atoms with Crippen LogP contribution in [0.15, 0.2) is 47.5 Å². The summed E-state index contributed by atoms with van der Waals surface area (Å²) in [5.41, 5.74) is 2.31. The molecule has 2 N–H and O–H groups in total. The Kier molecular flexibility index (Phi) is 8.31. The normalized spacial score (nSPS) is 12.9. The molecule has 0 bridgehead atoms. The SMILES string of the molecule is CN=C(NCCc1ccccc1)NCc1cc(Cl)c2c(c1)OCCO2.I. The number of hydrogen-bond donors (Lipinski definition) is 2. The van der Waals surface area contributed by atoms with E-state index in [0.29, 0.717) is 36.3 Å². The van der Waals surface area contributed by atoms with Gasteiger partial charge in [-0.15, -0.1) is 24.0 Å². The highest BCUT2D eigenvalue weighted by Crippen LogP contribution is 2.38. The molecule has 0 unspecified atom stereocenters. The molecular formula is C19H23ClIN3O2. The third-order valence-electron chi connectivity index (χ3n) is 3.89. The van der Waals surface area contributed by atoms with Crippen molar-refractivity contribution in [1.82, 2.24) is 10.6 Å². The van der Waals surface area contributed by atoms with Gasteiger partial charge in [0.25, 0.3) is 0 Å². The molecule has 2 aromatic rings. The Morgan fingerprint density at radius 1 is 1.08 bits per heavy atom. The summed E-state index contributed by atoms with van der Waals surface area (Å²) in [4.78, 5) is 4.25. The molecule has 7 heteroatoms. The molecule has 2 aromatic carbocycles. The third-order valence-corrected chi connectivity index (χ3v) is 4.17. The fourth-order valence-corrected chi connectivity index (χ4v) is 2.93. The quantitative estimate of drug-likeness (QED) is 0.384. The minimum Gasteiger partial charge on any atom is -0.486 e. The predicted octanol–water partition coefficient (Wildman–Crippen LogP) is 3.64. The lowest BCUT2D eigenvalue weighted by atomic mass is 10.1. The van der Waals surface area contributed by atoms with E-state index in [0.717, 1.165) is 24.5 Å². The van der Waals surface area contributed by atoms with Crippen molar-refractivity contribution in [3.8, 4) is 11.5 Å². The Hall–Kier alpha value is -1.67. The molecule has 0 amide bonds. The first kappa shape index (κ1) is 20.6. The molecule has 0 aliphatic carbocycles. The van der Waals surface area contributed by atoms with Crippen molar-refractivity contribution in [3.05, 3.63) is 58.6 Å². The van der Waals surface area contributed by atoms with Crippen LogP contribution in [0.2, 0.25) is 5.02 Å². The Morgan fingerprint density at radius 3 is 2.62 bits per heavy atom. The van der Waals surface area contributed by atoms with E-state index in [2.05, 4.69) is 27.8 Å². The van der Waals surface area contributed by atoms with Gasteiger partial charge in [0.2, 0.25) is 0 Å². The lowest BCUT2D eigenvalue weighted by Gasteiger charge is -2.20. The van der Waals surface area contributed by atoms with Crippen LogP contribution in [0.1, 0.15) is 11.1 Å². The number of aliphatic imine (C=N–C) groups is 1. The van der Waals surface area contributed by atoms with Gasteiger partial charge in [-0.05, 0) is 29.7 Å². The van der Waals surface area contributed by atoms with Crippen molar-refractivity contribution >= 4 is 41.5 Å². The number of nitrogens with zero attached hydrogens (tertiary/aromatic N) is 1. The van der Waals surface area contributed by atoms with Crippen molar-refractivity contribution in [2.75, 3.05) is 26.8 Å². The van der Waals surface area contributed by atoms with Gasteiger partial charge in [-0.25, -0.2) is 0 Å². The summed E-state index contributed by atoms with van der Waals surface area (Å²) in [5.74, 6) is 2.08. The predicted molar refractivity (Wildman–Crippen MR) is 116 cm³/mol. The van der Waals surface area contributed by atoms with E-state index >= 15 is 0 Å². The minimum absolute atomic E-state index is 0. The van der Waals surface area contributed by atoms with Gasteiger partial charge < -0.3 is 20.1 Å². The number of halogens is 2. The number of benzene rings is 2. The highest BCUT2D eigenvalue weighted by molar-refractivity contribution is 14.0. The maximum atomic E-state index is 6.27. The van der Waals surface area contributed by atoms with Crippen LogP contribution < -0.4 is 20.1 Å². The standard InChI is InChI=1S/C19H22ClN3O2.HI/c1-21-19(22-8-7-14-5-3-2-4-6-14)23-13-15-11-16(20)18-17(12-15)24-9-10-25-18;/h2-6,11-12H,7-10,13H2,1H3,(H2,21,22,23);1H. The fraction of sp³-hybridized carbons (Fsp3) is 0.316. The molecular weight excluding hydrogens is 465 g/mol. The second kappa shape index (κ2) is 10.5. The molecule has 0 saturated carbocycles. The van der Waals surface area contributed by atoms with Crippen molar-refractivity contribution in [1.29, 1.82) is 0 Å². The van der Waals surface area contributed by atoms with Crippen LogP contribution in [0.5, 0.6) is 11.5 Å². The first-order valence-electron chi connectivity index (χ1n) is 8.32. The molecule has 5 nitrogen and oxygen atoms in total. The van der Waals surface area contributed by atoms with E-state index in [4.69, 9.17) is 21.1 Å². The summed E-state index contributed by atoms with van der Waals surface area (Å²) in [5, 5.41) is 7.18. The van der Waals surface area contributed by atoms with Crippen molar-refractivity contribution in [2.24, 2.45) is 4.99 Å². The summed E-state index contributed by atoms with van der Waals surface area (Å²) >= 11 is 6.27. The molecule has 0 fully saturated rings. The molecule has 0 spiro atoms. The summed E-state index contributed by atoms with van der Waals surface area (Å²) in [6, 6.07) is 14.2. The van der Waals surface area contributed by atoms with Crippen LogP contribution in [0.4, 0.5) is 0 Å². The molecule has 0 atom stereocenters. The zero-order chi connectivity index (χ0) is 17.5. The van der Waals surface area contributed by atoms with Crippen molar-refractivity contribution in [3.63, 3.8) is 0 Å². The van der Waals surface area contributed by atoms with Gasteiger partial charge in [0, 0.05) is 20.1 Å². The Morgan fingerprint density at radius 2 is 1.85 bits per heavy atom. The molecule has 140 valence electrons. The van der Waals surface area contributed by atoms with Crippen LogP contribution in [-0.2, 0) is 13.0 Å². The Balaban J connectivity index is 0.00000243. The number of ether oxygens (including phenoxy) is 2. The van der Waals surface area contributed by atoms with Crippen LogP contribution in [-0.4, -0.2) is 32.8 Å². The van der Waals surface area contributed by atoms with E-state index in [1.807, 2.05) is 30.3 Å². The largest absolute Gasteiger partial charge is 0.486 e. The van der Waals surface area contributed by atoms with E-state index in [-0.39, 0.29) is 24.0 Å². The summed E-state index contributed by atoms with van der Waals surface area (Å²) in [6.07, 6.45) is 0.942. The maximum Gasteiger partial charge on any atom is 0.191 e. The van der Waals surface area contributed by atoms with Gasteiger partial charge >= 0.3 is 0 Å². The minimum atomic E-state index is 0. The molecule has 1 aliphatic rings. The first-order valence-corrected chi connectivity index (χ1v) is 8.70. The zero-order valence-corrected chi connectivity index (χ0v) is 17.7. The fourth-order valence-electron chi connectivity index (χ4n) is 2.64. The van der Waals surface area contributed by atoms with Gasteiger partial charge in [-0.3, -0.25) is 4.99 Å². The summed E-state index contributed by atoms with van der Waals surface area (Å²) < 4.78 is 11.1. The summed E-state index contributed by atoms with van der Waals surface area (Å²) in [7, 11) is 1.76. The zero-order valence-electron chi connectivity index (χ0n) is 14.6. The number of rotatable bonds is 5. The van der Waals surface area contributed by atoms with Crippen molar-refractivity contribution < 1.29 is 9.47 Å². The molecule has 1 aliphatic heterocycles. The summed E-state index contributed by atoms with van der Waals surface area (Å²) in [6.45, 7) is 2.48. The smallest absolute Gasteiger partial charge is 0.191 e. The van der Waals surface area contributed by atoms with E-state index in [1.165, 1.54) is 5.56 Å². The number of guanidine groups is 1. The molecule has 1 heterocycles. The monoisotopic (exact) mass is 487 g/mol. The molecule has 0 aromatic heterocycles. The third kappa shape index (κ3) is 5.67. The van der Waals surface area contributed by atoms with Gasteiger partial charge in [0.05, 0.1) is 5.02 Å². The van der Waals surface area contributed by atoms with Gasteiger partial charge in [0.15, 0.2) is 17.5 Å². The van der Waals surface area contributed by atoms with E-state index in [1.54, 1.807) is 7.05 Å². The Labute approximate surface area is 176 Å². The van der Waals surface area contributed by atoms with E-state index in [9.17, 15) is 0 Å². The second-order valence-electron chi connectivity index (χ2n) is 5.69. The molecule has 26 heavy (non-hydrogen) atoms. The van der Waals surface area contributed by atoms with Gasteiger partial charge in [0.1, 0.15) is 13.2 Å². The van der Waals surface area contributed by atoms with Gasteiger partial charge in [-0.2, -0.15) is 0 Å². The van der Waals surface area contributed by atoms with Crippen molar-refractivity contribution in [2.45, 2.75) is 13.0 Å². The topological polar surface area (TPSA) is 54.9 Å². The molecule has 3 rings (SSSR count). The molecule has 0 saturated heterocycles. The number of fused-ring (bicyclic) bond motifs is 1. The highest BCUT2D eigenvalue weighted by atomic mass is 127. The second-order valence-corrected chi connectivity index (χ2v) is 6.10. The lowest BCUT2D eigenvalue weighted by molar-refractivity contribution is 0.171. The van der Waals surface area contributed by atoms with Crippen LogP contribution in [0, 0.1) is 0 Å². The lowest BCUT2D eigenvalue weighted by Crippen LogP contribution is -2.37. The van der Waals surface area contributed by atoms with E-state index < -0.39 is 0 Å². The molecule has 0 radical (unpaired) electrons. The van der Waals surface area contributed by atoms with Gasteiger partial charge in [-0.1, -0.05) is 41.9 Å².